The first-order valence-electron chi connectivity index (χ1n) is 7.67. The van der Waals surface area contributed by atoms with Gasteiger partial charge in [-0.1, -0.05) is 6.92 Å². The van der Waals surface area contributed by atoms with Crippen LogP contribution in [0.4, 0.5) is 5.00 Å². The fourth-order valence-electron chi connectivity index (χ4n) is 2.59. The van der Waals surface area contributed by atoms with Gasteiger partial charge in [-0.15, -0.1) is 11.3 Å². The zero-order valence-electron chi connectivity index (χ0n) is 13.6. The van der Waals surface area contributed by atoms with E-state index in [2.05, 4.69) is 17.0 Å². The zero-order valence-corrected chi connectivity index (χ0v) is 14.4. The van der Waals surface area contributed by atoms with E-state index in [0.29, 0.717) is 16.5 Å². The van der Waals surface area contributed by atoms with Gasteiger partial charge in [0.25, 0.3) is 5.91 Å². The first-order chi connectivity index (χ1) is 10.9. The highest BCUT2D eigenvalue weighted by Crippen LogP contribution is 2.40. The number of carbonyl (C=O) groups is 3. The molecule has 1 amide bonds. The number of hydrogen-bond donors (Lipinski definition) is 1. The fourth-order valence-corrected chi connectivity index (χ4v) is 4.00. The number of esters is 2. The number of carbonyl (C=O) groups excluding carboxylic acids is 3. The minimum atomic E-state index is -0.523. The highest BCUT2D eigenvalue weighted by Gasteiger charge is 2.29. The molecule has 6 nitrogen and oxygen atoms in total. The highest BCUT2D eigenvalue weighted by molar-refractivity contribution is 7.17. The van der Waals surface area contributed by atoms with Gasteiger partial charge in [0.2, 0.25) is 0 Å². The van der Waals surface area contributed by atoms with Gasteiger partial charge in [0.15, 0.2) is 6.61 Å². The summed E-state index contributed by atoms with van der Waals surface area (Å²) in [6.07, 6.45) is 2.71. The molecule has 1 heterocycles. The first-order valence-corrected chi connectivity index (χ1v) is 8.48. The van der Waals surface area contributed by atoms with E-state index in [-0.39, 0.29) is 13.2 Å². The summed E-state index contributed by atoms with van der Waals surface area (Å²) in [5, 5.41) is 3.16. The molecule has 1 atom stereocenters. The molecular formula is C16H21NO5S. The Morgan fingerprint density at radius 3 is 2.70 bits per heavy atom. The second-order valence-corrected chi connectivity index (χ2v) is 6.71. The fraction of sp³-hybridized carbons (Fsp3) is 0.562. The number of nitrogens with one attached hydrogen (secondary N) is 1. The summed E-state index contributed by atoms with van der Waals surface area (Å²) in [6.45, 7) is 5.07. The smallest absolute Gasteiger partial charge is 0.341 e. The summed E-state index contributed by atoms with van der Waals surface area (Å²) in [6, 6.07) is 0. The lowest BCUT2D eigenvalue weighted by Crippen LogP contribution is -2.21. The van der Waals surface area contributed by atoms with Crippen molar-refractivity contribution in [2.45, 2.75) is 40.0 Å². The van der Waals surface area contributed by atoms with Gasteiger partial charge in [0.1, 0.15) is 5.00 Å². The molecule has 0 fully saturated rings. The van der Waals surface area contributed by atoms with Crippen LogP contribution in [-0.2, 0) is 31.9 Å². The van der Waals surface area contributed by atoms with Crippen molar-refractivity contribution in [1.29, 1.82) is 0 Å². The molecule has 126 valence electrons. The SMILES string of the molecule is CCOC(=O)c1c(NC(=O)COC(C)=O)sc2c1CC[C@@H](C)C2. The normalized spacial score (nSPS) is 16.4. The van der Waals surface area contributed by atoms with Crippen molar-refractivity contribution in [3.8, 4) is 0 Å². The summed E-state index contributed by atoms with van der Waals surface area (Å²) in [7, 11) is 0. The molecule has 0 unspecified atom stereocenters. The van der Waals surface area contributed by atoms with E-state index < -0.39 is 17.8 Å². The van der Waals surface area contributed by atoms with Crippen LogP contribution in [0.25, 0.3) is 0 Å². The van der Waals surface area contributed by atoms with Crippen LogP contribution in [0.2, 0.25) is 0 Å². The molecule has 1 N–H and O–H groups in total. The Morgan fingerprint density at radius 2 is 2.04 bits per heavy atom. The third-order valence-electron chi connectivity index (χ3n) is 3.65. The molecule has 0 spiro atoms. The number of rotatable bonds is 5. The van der Waals surface area contributed by atoms with Gasteiger partial charge in [-0.25, -0.2) is 4.79 Å². The maximum absolute atomic E-state index is 12.3. The van der Waals surface area contributed by atoms with Crippen molar-refractivity contribution >= 4 is 34.2 Å². The predicted molar refractivity (Wildman–Crippen MR) is 86.7 cm³/mol. The van der Waals surface area contributed by atoms with Crippen molar-refractivity contribution in [1.82, 2.24) is 0 Å². The van der Waals surface area contributed by atoms with Crippen molar-refractivity contribution in [2.75, 3.05) is 18.5 Å². The Bertz CT molecular complexity index is 622. The van der Waals surface area contributed by atoms with E-state index >= 15 is 0 Å². The molecule has 7 heteroatoms. The molecule has 23 heavy (non-hydrogen) atoms. The Labute approximate surface area is 139 Å². The second kappa shape index (κ2) is 7.59. The minimum absolute atomic E-state index is 0.278. The van der Waals surface area contributed by atoms with Crippen LogP contribution in [0.1, 0.15) is 48.0 Å². The van der Waals surface area contributed by atoms with Gasteiger partial charge < -0.3 is 14.8 Å². The zero-order chi connectivity index (χ0) is 17.0. The average molecular weight is 339 g/mol. The summed E-state index contributed by atoms with van der Waals surface area (Å²) in [4.78, 5) is 36.1. The van der Waals surface area contributed by atoms with Crippen LogP contribution in [0.15, 0.2) is 0 Å². The van der Waals surface area contributed by atoms with Crippen LogP contribution >= 0.6 is 11.3 Å². The van der Waals surface area contributed by atoms with Crippen LogP contribution in [-0.4, -0.2) is 31.1 Å². The van der Waals surface area contributed by atoms with Gasteiger partial charge in [-0.05, 0) is 37.7 Å². The maximum Gasteiger partial charge on any atom is 0.341 e. The average Bonchev–Trinajstić information content (AvgIpc) is 2.82. The lowest BCUT2D eigenvalue weighted by Gasteiger charge is -2.18. The predicted octanol–water partition coefficient (Wildman–Crippen LogP) is 2.55. The molecule has 0 aromatic carbocycles. The summed E-state index contributed by atoms with van der Waals surface area (Å²) in [5.41, 5.74) is 1.43. The molecule has 0 bridgehead atoms. The van der Waals surface area contributed by atoms with Crippen molar-refractivity contribution in [3.63, 3.8) is 0 Å². The lowest BCUT2D eigenvalue weighted by molar-refractivity contribution is -0.144. The van der Waals surface area contributed by atoms with Gasteiger partial charge in [-0.3, -0.25) is 9.59 Å². The molecule has 0 aliphatic heterocycles. The topological polar surface area (TPSA) is 81.7 Å². The van der Waals surface area contributed by atoms with Gasteiger partial charge >= 0.3 is 11.9 Å². The minimum Gasteiger partial charge on any atom is -0.462 e. The van der Waals surface area contributed by atoms with Crippen LogP contribution in [0, 0.1) is 5.92 Å². The van der Waals surface area contributed by atoms with Crippen molar-refractivity contribution < 1.29 is 23.9 Å². The van der Waals surface area contributed by atoms with Crippen molar-refractivity contribution in [3.05, 3.63) is 16.0 Å². The molecule has 1 aromatic rings. The number of hydrogen-bond acceptors (Lipinski definition) is 6. The Balaban J connectivity index is 2.25. The van der Waals surface area contributed by atoms with Crippen LogP contribution in [0.5, 0.6) is 0 Å². The molecule has 1 aliphatic carbocycles. The molecule has 2 rings (SSSR count). The number of amides is 1. The molecule has 0 saturated carbocycles. The van der Waals surface area contributed by atoms with E-state index in [9.17, 15) is 14.4 Å². The van der Waals surface area contributed by atoms with Gasteiger partial charge in [0.05, 0.1) is 12.2 Å². The Kier molecular flexibility index (Phi) is 5.76. The van der Waals surface area contributed by atoms with E-state index in [4.69, 9.17) is 4.74 Å². The monoisotopic (exact) mass is 339 g/mol. The molecule has 0 radical (unpaired) electrons. The van der Waals surface area contributed by atoms with Crippen LogP contribution in [0.3, 0.4) is 0 Å². The van der Waals surface area contributed by atoms with E-state index in [0.717, 1.165) is 29.7 Å². The third-order valence-corrected chi connectivity index (χ3v) is 4.82. The van der Waals surface area contributed by atoms with Gasteiger partial charge in [-0.2, -0.15) is 0 Å². The van der Waals surface area contributed by atoms with E-state index in [1.807, 2.05) is 0 Å². The molecule has 0 saturated heterocycles. The lowest BCUT2D eigenvalue weighted by atomic mass is 9.88. The van der Waals surface area contributed by atoms with Gasteiger partial charge in [0, 0.05) is 11.8 Å². The summed E-state index contributed by atoms with van der Waals surface area (Å²) >= 11 is 1.41. The summed E-state index contributed by atoms with van der Waals surface area (Å²) < 4.78 is 9.81. The largest absolute Gasteiger partial charge is 0.462 e. The Hall–Kier alpha value is -1.89. The number of thiophene rings is 1. The van der Waals surface area contributed by atoms with E-state index in [1.54, 1.807) is 6.92 Å². The highest BCUT2D eigenvalue weighted by atomic mass is 32.1. The van der Waals surface area contributed by atoms with Crippen LogP contribution < -0.4 is 5.32 Å². The Morgan fingerprint density at radius 1 is 1.30 bits per heavy atom. The molecule has 1 aromatic heterocycles. The third kappa shape index (κ3) is 4.31. The first kappa shape index (κ1) is 17.5. The number of anilines is 1. The second-order valence-electron chi connectivity index (χ2n) is 5.60. The quantitative estimate of drug-likeness (QED) is 0.834. The number of ether oxygens (including phenoxy) is 2. The maximum atomic E-state index is 12.3. The molecular weight excluding hydrogens is 318 g/mol. The number of fused-ring (bicyclic) bond motifs is 1. The summed E-state index contributed by atoms with van der Waals surface area (Å²) in [5.74, 6) is -0.842. The standard InChI is InChI=1S/C16H21NO5S/c1-4-21-16(20)14-11-6-5-9(2)7-12(11)23-15(14)17-13(19)8-22-10(3)18/h9H,4-8H2,1-3H3,(H,17,19)/t9-/m1/s1. The van der Waals surface area contributed by atoms with E-state index in [1.165, 1.54) is 18.3 Å². The molecule has 1 aliphatic rings. The van der Waals surface area contributed by atoms with Crippen molar-refractivity contribution in [2.24, 2.45) is 5.92 Å².